The number of ether oxygens (including phenoxy) is 1. The smallest absolute Gasteiger partial charge is 0.178 e. The van der Waals surface area contributed by atoms with Crippen molar-refractivity contribution < 1.29 is 13.2 Å². The first-order valence-electron chi connectivity index (χ1n) is 5.16. The number of sulfone groups is 1. The van der Waals surface area contributed by atoms with Crippen LogP contribution in [0.25, 0.3) is 0 Å². The van der Waals surface area contributed by atoms with Gasteiger partial charge in [-0.05, 0) is 24.3 Å². The maximum absolute atomic E-state index is 11.5. The highest BCUT2D eigenvalue weighted by Crippen LogP contribution is 2.14. The average molecular weight is 243 g/mol. The van der Waals surface area contributed by atoms with Crippen LogP contribution >= 0.6 is 0 Å². The molecule has 1 N–H and O–H groups in total. The van der Waals surface area contributed by atoms with E-state index >= 15 is 0 Å². The topological polar surface area (TPSA) is 55.4 Å². The average Bonchev–Trinajstić information content (AvgIpc) is 2.30. The lowest BCUT2D eigenvalue weighted by molar-refractivity contribution is 0.211. The van der Waals surface area contributed by atoms with Gasteiger partial charge in [-0.2, -0.15) is 0 Å². The Bertz CT molecular complexity index is 411. The Hall–Kier alpha value is -1.07. The molecule has 0 unspecified atom stereocenters. The summed E-state index contributed by atoms with van der Waals surface area (Å²) in [4.78, 5) is 0.368. The fraction of sp³-hybridized carbons (Fsp3) is 0.455. The molecule has 0 atom stereocenters. The number of methoxy groups -OCH3 is 1. The van der Waals surface area contributed by atoms with Gasteiger partial charge in [-0.15, -0.1) is 0 Å². The van der Waals surface area contributed by atoms with Gasteiger partial charge in [-0.3, -0.25) is 0 Å². The summed E-state index contributed by atoms with van der Waals surface area (Å²) in [6.07, 6.45) is 0. The largest absolute Gasteiger partial charge is 0.383 e. The normalized spacial score (nSPS) is 11.4. The molecule has 0 bridgehead atoms. The molecule has 90 valence electrons. The van der Waals surface area contributed by atoms with Gasteiger partial charge < -0.3 is 10.1 Å². The second-order valence-electron chi connectivity index (χ2n) is 3.35. The van der Waals surface area contributed by atoms with Crippen molar-refractivity contribution in [3.05, 3.63) is 24.3 Å². The van der Waals surface area contributed by atoms with Crippen molar-refractivity contribution in [2.24, 2.45) is 0 Å². The molecule has 0 saturated carbocycles. The molecule has 0 radical (unpaired) electrons. The van der Waals surface area contributed by atoms with Crippen LogP contribution in [0.5, 0.6) is 0 Å². The van der Waals surface area contributed by atoms with E-state index in [9.17, 15) is 8.42 Å². The Labute approximate surface area is 96.5 Å². The number of hydrogen-bond acceptors (Lipinski definition) is 4. The van der Waals surface area contributed by atoms with Crippen LogP contribution in [0, 0.1) is 0 Å². The summed E-state index contributed by atoms with van der Waals surface area (Å²) >= 11 is 0. The van der Waals surface area contributed by atoms with Gasteiger partial charge in [0.25, 0.3) is 0 Å². The van der Waals surface area contributed by atoms with Crippen LogP contribution in [0.4, 0.5) is 5.69 Å². The van der Waals surface area contributed by atoms with Gasteiger partial charge >= 0.3 is 0 Å². The summed E-state index contributed by atoms with van der Waals surface area (Å²) in [7, 11) is -1.46. The van der Waals surface area contributed by atoms with E-state index in [4.69, 9.17) is 4.74 Å². The standard InChI is InChI=1S/C11H17NO3S/c1-3-16(13,14)11-6-4-10(5-7-11)12-8-9-15-2/h4-7,12H,3,8-9H2,1-2H3. The lowest BCUT2D eigenvalue weighted by atomic mass is 10.3. The van der Waals surface area contributed by atoms with Crippen molar-refractivity contribution in [1.29, 1.82) is 0 Å². The quantitative estimate of drug-likeness (QED) is 0.770. The first kappa shape index (κ1) is 13.0. The van der Waals surface area contributed by atoms with E-state index in [1.54, 1.807) is 38.3 Å². The molecule has 0 aromatic heterocycles. The highest BCUT2D eigenvalue weighted by molar-refractivity contribution is 7.91. The van der Waals surface area contributed by atoms with Crippen LogP contribution in [-0.2, 0) is 14.6 Å². The van der Waals surface area contributed by atoms with Gasteiger partial charge in [0.15, 0.2) is 9.84 Å². The number of benzene rings is 1. The van der Waals surface area contributed by atoms with Crippen molar-refractivity contribution >= 4 is 15.5 Å². The van der Waals surface area contributed by atoms with Crippen LogP contribution in [0.3, 0.4) is 0 Å². The fourth-order valence-electron chi connectivity index (χ4n) is 1.24. The zero-order valence-electron chi connectivity index (χ0n) is 9.56. The van der Waals surface area contributed by atoms with Gasteiger partial charge in [0.05, 0.1) is 17.3 Å². The summed E-state index contributed by atoms with van der Waals surface area (Å²) in [5.41, 5.74) is 0.895. The highest BCUT2D eigenvalue weighted by atomic mass is 32.2. The van der Waals surface area contributed by atoms with Gasteiger partial charge in [-0.1, -0.05) is 6.92 Å². The number of anilines is 1. The van der Waals surface area contributed by atoms with Gasteiger partial charge in [0, 0.05) is 19.3 Å². The molecule has 0 fully saturated rings. The van der Waals surface area contributed by atoms with E-state index in [2.05, 4.69) is 5.32 Å². The second-order valence-corrected chi connectivity index (χ2v) is 5.63. The van der Waals surface area contributed by atoms with Crippen LogP contribution in [0.15, 0.2) is 29.2 Å². The summed E-state index contributed by atoms with van der Waals surface area (Å²) in [6, 6.07) is 6.76. The third-order valence-corrected chi connectivity index (χ3v) is 3.98. The maximum Gasteiger partial charge on any atom is 0.178 e. The number of hydrogen-bond donors (Lipinski definition) is 1. The molecule has 0 saturated heterocycles. The predicted octanol–water partition coefficient (Wildman–Crippen LogP) is 1.54. The minimum absolute atomic E-state index is 0.128. The predicted molar refractivity (Wildman–Crippen MR) is 64.5 cm³/mol. The molecule has 1 rings (SSSR count). The van der Waals surface area contributed by atoms with Crippen LogP contribution in [0.2, 0.25) is 0 Å². The zero-order chi connectivity index (χ0) is 12.0. The lowest BCUT2D eigenvalue weighted by Crippen LogP contribution is -2.08. The summed E-state index contributed by atoms with van der Waals surface area (Å²) in [5.74, 6) is 0.128. The molecule has 0 amide bonds. The van der Waals surface area contributed by atoms with Crippen LogP contribution in [0.1, 0.15) is 6.92 Å². The maximum atomic E-state index is 11.5. The Morgan fingerprint density at radius 2 is 1.88 bits per heavy atom. The van der Waals surface area contributed by atoms with Crippen molar-refractivity contribution in [2.75, 3.05) is 31.3 Å². The molecule has 1 aromatic carbocycles. The molecule has 0 aliphatic rings. The third kappa shape index (κ3) is 3.50. The molecule has 0 aliphatic carbocycles. The number of nitrogens with one attached hydrogen (secondary N) is 1. The van der Waals surface area contributed by atoms with Gasteiger partial charge in [0.2, 0.25) is 0 Å². The van der Waals surface area contributed by atoms with Crippen LogP contribution < -0.4 is 5.32 Å². The molecule has 0 spiro atoms. The molecule has 1 aromatic rings. The van der Waals surface area contributed by atoms with Crippen LogP contribution in [-0.4, -0.2) is 34.4 Å². The Kier molecular flexibility index (Phi) is 4.76. The van der Waals surface area contributed by atoms with Crippen molar-refractivity contribution in [2.45, 2.75) is 11.8 Å². The first-order valence-corrected chi connectivity index (χ1v) is 6.81. The monoisotopic (exact) mass is 243 g/mol. The highest BCUT2D eigenvalue weighted by Gasteiger charge is 2.10. The molecule has 0 heterocycles. The molecular weight excluding hydrogens is 226 g/mol. The fourth-order valence-corrected chi connectivity index (χ4v) is 2.13. The van der Waals surface area contributed by atoms with E-state index in [0.29, 0.717) is 18.0 Å². The second kappa shape index (κ2) is 5.86. The van der Waals surface area contributed by atoms with E-state index in [1.807, 2.05) is 0 Å². The van der Waals surface area contributed by atoms with E-state index in [0.717, 1.165) is 5.69 Å². The van der Waals surface area contributed by atoms with Crippen molar-refractivity contribution in [1.82, 2.24) is 0 Å². The minimum Gasteiger partial charge on any atom is -0.383 e. The summed E-state index contributed by atoms with van der Waals surface area (Å²) in [5, 5.41) is 3.12. The van der Waals surface area contributed by atoms with Crippen molar-refractivity contribution in [3.8, 4) is 0 Å². The van der Waals surface area contributed by atoms with Crippen molar-refractivity contribution in [3.63, 3.8) is 0 Å². The Balaban J connectivity index is 2.68. The third-order valence-electron chi connectivity index (χ3n) is 2.23. The van der Waals surface area contributed by atoms with E-state index < -0.39 is 9.84 Å². The number of rotatable bonds is 6. The van der Waals surface area contributed by atoms with Gasteiger partial charge in [0.1, 0.15) is 0 Å². The summed E-state index contributed by atoms with van der Waals surface area (Å²) < 4.78 is 28.0. The Morgan fingerprint density at radius 3 is 2.38 bits per heavy atom. The summed E-state index contributed by atoms with van der Waals surface area (Å²) in [6.45, 7) is 2.96. The lowest BCUT2D eigenvalue weighted by Gasteiger charge is -2.06. The molecule has 16 heavy (non-hydrogen) atoms. The minimum atomic E-state index is -3.09. The Morgan fingerprint density at radius 1 is 1.25 bits per heavy atom. The molecule has 5 heteroatoms. The molecule has 0 aliphatic heterocycles. The van der Waals surface area contributed by atoms with E-state index in [-0.39, 0.29) is 5.75 Å². The van der Waals surface area contributed by atoms with Gasteiger partial charge in [-0.25, -0.2) is 8.42 Å². The molecule has 4 nitrogen and oxygen atoms in total. The zero-order valence-corrected chi connectivity index (χ0v) is 10.4. The van der Waals surface area contributed by atoms with E-state index in [1.165, 1.54) is 0 Å². The molecular formula is C11H17NO3S. The SMILES string of the molecule is CCS(=O)(=O)c1ccc(NCCOC)cc1. The first-order chi connectivity index (χ1) is 7.60.